The Kier molecular flexibility index (Phi) is 3.56. The van der Waals surface area contributed by atoms with Crippen molar-refractivity contribution in [1.29, 1.82) is 0 Å². The molecule has 6 nitrogen and oxygen atoms in total. The zero-order valence-corrected chi connectivity index (χ0v) is 14.8. The molecule has 0 amide bonds. The summed E-state index contributed by atoms with van der Waals surface area (Å²) in [5.41, 5.74) is 2.67. The Hall–Kier alpha value is -1.70. The van der Waals surface area contributed by atoms with Gasteiger partial charge < -0.3 is 10.3 Å². The molecule has 0 unspecified atom stereocenters. The van der Waals surface area contributed by atoms with Gasteiger partial charge in [-0.05, 0) is 38.7 Å². The summed E-state index contributed by atoms with van der Waals surface area (Å²) in [6, 6.07) is 2.59. The number of aromatic amines is 2. The summed E-state index contributed by atoms with van der Waals surface area (Å²) in [7, 11) is 0. The average molecular weight is 364 g/mol. The molecule has 3 N–H and O–H groups in total. The quantitative estimate of drug-likeness (QED) is 0.653. The highest BCUT2D eigenvalue weighted by Gasteiger charge is 2.47. The van der Waals surface area contributed by atoms with Gasteiger partial charge in [0.15, 0.2) is 0 Å². The number of halogens is 1. The zero-order valence-electron chi connectivity index (χ0n) is 13.2. The van der Waals surface area contributed by atoms with Gasteiger partial charge in [0.25, 0.3) is 5.56 Å². The number of hydrogen-bond acceptors (Lipinski definition) is 5. The first-order valence-corrected chi connectivity index (χ1v) is 8.79. The fourth-order valence-electron chi connectivity index (χ4n) is 3.99. The Labute approximate surface area is 148 Å². The van der Waals surface area contributed by atoms with E-state index < -0.39 is 0 Å². The van der Waals surface area contributed by atoms with Crippen molar-refractivity contribution in [3.63, 3.8) is 0 Å². The van der Waals surface area contributed by atoms with Gasteiger partial charge in [-0.3, -0.25) is 9.89 Å². The topological polar surface area (TPSA) is 86.5 Å². The normalized spacial score (nSPS) is 25.3. The highest BCUT2D eigenvalue weighted by Crippen LogP contribution is 2.43. The summed E-state index contributed by atoms with van der Waals surface area (Å²) in [5, 5.41) is 10.7. The first-order chi connectivity index (χ1) is 11.1. The zero-order chi connectivity index (χ0) is 15.6. The Morgan fingerprint density at radius 1 is 1.33 bits per heavy atom. The predicted molar refractivity (Wildman–Crippen MR) is 96.9 cm³/mol. The van der Waals surface area contributed by atoms with E-state index in [1.54, 1.807) is 6.20 Å². The van der Waals surface area contributed by atoms with Crippen LogP contribution in [0.2, 0.25) is 0 Å². The van der Waals surface area contributed by atoms with E-state index in [0.717, 1.165) is 40.3 Å². The molecule has 8 heteroatoms. The third kappa shape index (κ3) is 2.15. The summed E-state index contributed by atoms with van der Waals surface area (Å²) in [4.78, 5) is 21.4. The van der Waals surface area contributed by atoms with Crippen LogP contribution in [0.15, 0.2) is 17.1 Å². The van der Waals surface area contributed by atoms with Gasteiger partial charge in [-0.2, -0.15) is 5.10 Å². The van der Waals surface area contributed by atoms with Gasteiger partial charge in [0, 0.05) is 22.2 Å². The maximum atomic E-state index is 12.6. The second kappa shape index (κ2) is 5.40. The minimum atomic E-state index is -0.119. The predicted octanol–water partition coefficient (Wildman–Crippen LogP) is 2.85. The second-order valence-electron chi connectivity index (χ2n) is 6.65. The average Bonchev–Trinajstić information content (AvgIpc) is 3.29. The van der Waals surface area contributed by atoms with Crippen molar-refractivity contribution in [1.82, 2.24) is 25.5 Å². The van der Waals surface area contributed by atoms with Crippen molar-refractivity contribution >= 4 is 34.0 Å². The van der Waals surface area contributed by atoms with Gasteiger partial charge in [-0.25, -0.2) is 4.98 Å². The van der Waals surface area contributed by atoms with Crippen LogP contribution in [0.5, 0.6) is 0 Å². The number of nitrogens with one attached hydrogen (secondary N) is 3. The maximum absolute atomic E-state index is 12.6. The molecule has 2 bridgehead atoms. The van der Waals surface area contributed by atoms with E-state index in [0.29, 0.717) is 10.7 Å². The van der Waals surface area contributed by atoms with Crippen molar-refractivity contribution < 1.29 is 0 Å². The number of aryl methyl sites for hydroxylation is 1. The van der Waals surface area contributed by atoms with Gasteiger partial charge >= 0.3 is 0 Å². The van der Waals surface area contributed by atoms with Crippen molar-refractivity contribution in [2.24, 2.45) is 0 Å². The van der Waals surface area contributed by atoms with E-state index in [1.807, 2.05) is 13.0 Å². The van der Waals surface area contributed by atoms with E-state index >= 15 is 0 Å². The van der Waals surface area contributed by atoms with E-state index in [-0.39, 0.29) is 23.5 Å². The van der Waals surface area contributed by atoms with E-state index in [9.17, 15) is 4.79 Å². The van der Waals surface area contributed by atoms with Crippen LogP contribution in [0.3, 0.4) is 0 Å². The summed E-state index contributed by atoms with van der Waals surface area (Å²) >= 11 is 1.48. The number of fused-ring (bicyclic) bond motifs is 3. The smallest absolute Gasteiger partial charge is 0.268 e. The third-order valence-corrected chi connectivity index (χ3v) is 6.41. The Balaban J connectivity index is 0.00000146. The summed E-state index contributed by atoms with van der Waals surface area (Å²) in [5.74, 6) is 0.809. The molecule has 3 aromatic heterocycles. The monoisotopic (exact) mass is 363 g/mol. The van der Waals surface area contributed by atoms with Crippen LogP contribution in [0.4, 0.5) is 0 Å². The Morgan fingerprint density at radius 3 is 2.75 bits per heavy atom. The molecule has 0 atom stereocenters. The molecule has 0 saturated carbocycles. The summed E-state index contributed by atoms with van der Waals surface area (Å²) in [6.45, 7) is 1.98. The van der Waals surface area contributed by atoms with Gasteiger partial charge in [-0.15, -0.1) is 23.7 Å². The molecule has 0 aromatic carbocycles. The first kappa shape index (κ1) is 15.8. The highest BCUT2D eigenvalue weighted by molar-refractivity contribution is 7.22. The molecule has 2 saturated heterocycles. The lowest BCUT2D eigenvalue weighted by atomic mass is 9.87. The number of aromatic nitrogens is 4. The van der Waals surface area contributed by atoms with Gasteiger partial charge in [0.2, 0.25) is 0 Å². The van der Waals surface area contributed by atoms with Crippen LogP contribution in [0.25, 0.3) is 20.7 Å². The van der Waals surface area contributed by atoms with Crippen molar-refractivity contribution in [2.75, 3.05) is 0 Å². The van der Waals surface area contributed by atoms with Crippen LogP contribution in [0, 0.1) is 6.92 Å². The van der Waals surface area contributed by atoms with Gasteiger partial charge in [0.05, 0.1) is 17.3 Å². The highest BCUT2D eigenvalue weighted by atomic mass is 35.5. The van der Waals surface area contributed by atoms with Crippen LogP contribution in [-0.4, -0.2) is 26.2 Å². The number of rotatable bonds is 2. The third-order valence-electron chi connectivity index (χ3n) is 5.25. The Bertz CT molecular complexity index is 966. The summed E-state index contributed by atoms with van der Waals surface area (Å²) in [6.07, 6.45) is 6.26. The largest absolute Gasteiger partial charge is 0.308 e. The van der Waals surface area contributed by atoms with Crippen LogP contribution < -0.4 is 10.9 Å². The van der Waals surface area contributed by atoms with Crippen molar-refractivity contribution in [3.05, 3.63) is 34.1 Å². The molecular formula is C16H18ClN5OS. The molecule has 3 aromatic rings. The van der Waals surface area contributed by atoms with Crippen LogP contribution >= 0.6 is 23.7 Å². The van der Waals surface area contributed by atoms with Crippen LogP contribution in [0.1, 0.15) is 37.2 Å². The van der Waals surface area contributed by atoms with Gasteiger partial charge in [0.1, 0.15) is 10.5 Å². The maximum Gasteiger partial charge on any atom is 0.268 e. The van der Waals surface area contributed by atoms with Gasteiger partial charge in [-0.1, -0.05) is 0 Å². The fourth-order valence-corrected chi connectivity index (χ4v) is 5.05. The second-order valence-corrected chi connectivity index (χ2v) is 7.70. The number of nitrogens with zero attached hydrogens (tertiary/aromatic N) is 2. The molecule has 5 heterocycles. The molecule has 5 rings (SSSR count). The minimum absolute atomic E-state index is 0. The number of H-pyrrole nitrogens is 2. The molecule has 2 aliphatic heterocycles. The lowest BCUT2D eigenvalue weighted by molar-refractivity contribution is 0.377. The number of hydrogen-bond donors (Lipinski definition) is 3. The van der Waals surface area contributed by atoms with E-state index in [2.05, 4.69) is 20.5 Å². The van der Waals surface area contributed by atoms with Crippen molar-refractivity contribution in [2.45, 2.75) is 44.2 Å². The van der Waals surface area contributed by atoms with Crippen LogP contribution in [-0.2, 0) is 5.54 Å². The minimum Gasteiger partial charge on any atom is -0.308 e. The lowest BCUT2D eigenvalue weighted by Crippen LogP contribution is -2.36. The first-order valence-electron chi connectivity index (χ1n) is 7.97. The van der Waals surface area contributed by atoms with E-state index in [1.165, 1.54) is 24.2 Å². The molecule has 2 aliphatic rings. The van der Waals surface area contributed by atoms with E-state index in [4.69, 9.17) is 4.98 Å². The summed E-state index contributed by atoms with van der Waals surface area (Å²) < 4.78 is 0.688. The lowest BCUT2D eigenvalue weighted by Gasteiger charge is -2.24. The molecule has 0 aliphatic carbocycles. The molecular weight excluding hydrogens is 346 g/mol. The molecule has 0 spiro atoms. The molecule has 126 valence electrons. The molecule has 2 fully saturated rings. The standard InChI is InChI=1S/C16H17N5OS.ClH/c1-8-10(7-17-21-8)12-6-11-13(23-12)14(22)19-15(18-11)16-4-2-9(20-16)3-5-16;/h6-7,9,20H,2-5H2,1H3,(H,17,21)(H,18,19,22);1H. The molecule has 0 radical (unpaired) electrons. The fraction of sp³-hybridized carbons (Fsp3) is 0.438. The van der Waals surface area contributed by atoms with Crippen molar-refractivity contribution in [3.8, 4) is 10.4 Å². The SMILES string of the molecule is Cc1[nH]ncc1-c1cc2nc(C34CCC(CC3)N4)[nH]c(=O)c2s1.Cl. The molecule has 24 heavy (non-hydrogen) atoms. The Morgan fingerprint density at radius 2 is 2.12 bits per heavy atom. The number of thiophene rings is 1.